The van der Waals surface area contributed by atoms with E-state index in [4.69, 9.17) is 25.8 Å². The highest BCUT2D eigenvalue weighted by molar-refractivity contribution is 6.31. The van der Waals surface area contributed by atoms with Crippen LogP contribution in [0.1, 0.15) is 26.7 Å². The van der Waals surface area contributed by atoms with E-state index in [-0.39, 0.29) is 29.5 Å². The molecular formula is C29H31ClFN5O5. The van der Waals surface area contributed by atoms with Gasteiger partial charge in [0.15, 0.2) is 0 Å². The molecule has 2 N–H and O–H groups in total. The Morgan fingerprint density at radius 2 is 2.05 bits per heavy atom. The second-order valence-corrected chi connectivity index (χ2v) is 11.0. The van der Waals surface area contributed by atoms with Crippen LogP contribution in [0.4, 0.5) is 21.6 Å². The number of cyclic esters (lactones) is 1. The summed E-state index contributed by atoms with van der Waals surface area (Å²) in [5.41, 5.74) is 0.986. The van der Waals surface area contributed by atoms with Crippen molar-refractivity contribution in [1.82, 2.24) is 14.9 Å². The van der Waals surface area contributed by atoms with Gasteiger partial charge in [-0.1, -0.05) is 17.7 Å². The van der Waals surface area contributed by atoms with E-state index in [0.29, 0.717) is 60.1 Å². The van der Waals surface area contributed by atoms with E-state index >= 15 is 0 Å². The van der Waals surface area contributed by atoms with Gasteiger partial charge >= 0.3 is 5.97 Å². The normalized spacial score (nSPS) is 17.9. The van der Waals surface area contributed by atoms with Crippen LogP contribution < -0.4 is 15.4 Å². The van der Waals surface area contributed by atoms with Crippen LogP contribution in [0.15, 0.2) is 48.8 Å². The molecule has 2 aromatic carbocycles. The van der Waals surface area contributed by atoms with Crippen LogP contribution in [-0.4, -0.2) is 71.3 Å². The molecule has 2 fully saturated rings. The third-order valence-electron chi connectivity index (χ3n) is 6.62. The number of morpholine rings is 1. The molecule has 0 atom stereocenters. The Hall–Kier alpha value is -3.80. The third kappa shape index (κ3) is 7.49. The molecule has 41 heavy (non-hydrogen) atoms. The Bertz CT molecular complexity index is 1480. The monoisotopic (exact) mass is 583 g/mol. The lowest BCUT2D eigenvalue weighted by molar-refractivity contribution is -0.168. The molecule has 0 unspecified atom stereocenters. The number of carbonyl (C=O) groups excluding carboxylic acids is 2. The van der Waals surface area contributed by atoms with Gasteiger partial charge in [0.1, 0.15) is 35.4 Å². The highest BCUT2D eigenvalue weighted by Crippen LogP contribution is 2.35. The van der Waals surface area contributed by atoms with Gasteiger partial charge < -0.3 is 24.8 Å². The fourth-order valence-electron chi connectivity index (χ4n) is 4.82. The highest BCUT2D eigenvalue weighted by Gasteiger charge is 2.32. The summed E-state index contributed by atoms with van der Waals surface area (Å²) in [6, 6.07) is 7.78. The molecule has 5 rings (SSSR count). The first-order valence-corrected chi connectivity index (χ1v) is 13.7. The van der Waals surface area contributed by atoms with Gasteiger partial charge in [0.25, 0.3) is 0 Å². The number of amides is 1. The molecule has 12 heteroatoms. The first-order valence-electron chi connectivity index (χ1n) is 13.3. The maximum Gasteiger partial charge on any atom is 0.320 e. The van der Waals surface area contributed by atoms with Crippen molar-refractivity contribution in [3.8, 4) is 5.75 Å². The van der Waals surface area contributed by atoms with E-state index in [1.165, 1.54) is 24.5 Å². The first-order chi connectivity index (χ1) is 19.6. The van der Waals surface area contributed by atoms with Gasteiger partial charge in [-0.25, -0.2) is 14.4 Å². The summed E-state index contributed by atoms with van der Waals surface area (Å²) >= 11 is 5.95. The zero-order valence-corrected chi connectivity index (χ0v) is 23.5. The Morgan fingerprint density at radius 3 is 2.80 bits per heavy atom. The van der Waals surface area contributed by atoms with E-state index in [1.807, 2.05) is 18.7 Å². The van der Waals surface area contributed by atoms with Gasteiger partial charge in [0.2, 0.25) is 5.91 Å². The summed E-state index contributed by atoms with van der Waals surface area (Å²) < 4.78 is 30.8. The minimum atomic E-state index is -0.583. The average Bonchev–Trinajstić information content (AvgIpc) is 2.91. The predicted molar refractivity (Wildman–Crippen MR) is 153 cm³/mol. The number of nitrogens with zero attached hydrogens (tertiary/aromatic N) is 3. The lowest BCUT2D eigenvalue weighted by Gasteiger charge is -2.36. The summed E-state index contributed by atoms with van der Waals surface area (Å²) in [5, 5.41) is 6.65. The van der Waals surface area contributed by atoms with Crippen LogP contribution in [0.2, 0.25) is 5.02 Å². The van der Waals surface area contributed by atoms with E-state index < -0.39 is 11.4 Å². The van der Waals surface area contributed by atoms with Crippen LogP contribution in [0.5, 0.6) is 5.75 Å². The molecule has 1 aromatic heterocycles. The molecule has 0 saturated carbocycles. The molecular weight excluding hydrogens is 553 g/mol. The van der Waals surface area contributed by atoms with Crippen molar-refractivity contribution >= 4 is 51.6 Å². The zero-order chi connectivity index (χ0) is 29.0. The number of hydrogen-bond acceptors (Lipinski definition) is 9. The summed E-state index contributed by atoms with van der Waals surface area (Å²) in [4.78, 5) is 35.5. The van der Waals surface area contributed by atoms with Crippen LogP contribution in [0.25, 0.3) is 10.9 Å². The number of hydrogen-bond donors (Lipinski definition) is 2. The number of aromatic nitrogens is 2. The van der Waals surface area contributed by atoms with Gasteiger partial charge in [-0.3, -0.25) is 14.5 Å². The van der Waals surface area contributed by atoms with E-state index in [1.54, 1.807) is 24.3 Å². The molecule has 0 radical (unpaired) electrons. The quantitative estimate of drug-likeness (QED) is 0.283. The number of fused-ring (bicyclic) bond motifs is 1. The SMILES string of the molecule is CC1(C)CN(CC=CC(=O)Nc2cc3c(Nc4ccc(F)c(Cl)c4)ncnc3cc2OC2CCOCC2)CC(=O)O1. The number of benzene rings is 2. The minimum absolute atomic E-state index is 0.0229. The molecule has 3 heterocycles. The topological polar surface area (TPSA) is 115 Å². The molecule has 2 aliphatic heterocycles. The minimum Gasteiger partial charge on any atom is -0.488 e. The lowest BCUT2D eigenvalue weighted by atomic mass is 10.1. The molecule has 0 aliphatic carbocycles. The van der Waals surface area contributed by atoms with Crippen molar-refractivity contribution in [2.45, 2.75) is 38.4 Å². The van der Waals surface area contributed by atoms with Gasteiger partial charge in [-0.2, -0.15) is 0 Å². The van der Waals surface area contributed by atoms with Gasteiger partial charge in [-0.05, 0) is 38.1 Å². The number of nitrogens with one attached hydrogen (secondary N) is 2. The third-order valence-corrected chi connectivity index (χ3v) is 6.91. The number of anilines is 3. The van der Waals surface area contributed by atoms with Gasteiger partial charge in [0, 0.05) is 49.1 Å². The van der Waals surface area contributed by atoms with Crippen LogP contribution in [-0.2, 0) is 19.1 Å². The first kappa shape index (κ1) is 28.7. The molecule has 216 valence electrons. The van der Waals surface area contributed by atoms with E-state index in [9.17, 15) is 14.0 Å². The van der Waals surface area contributed by atoms with Crippen molar-refractivity contribution < 1.29 is 28.2 Å². The fourth-order valence-corrected chi connectivity index (χ4v) is 5.01. The number of halogens is 2. The summed E-state index contributed by atoms with van der Waals surface area (Å²) in [7, 11) is 0. The highest BCUT2D eigenvalue weighted by atomic mass is 35.5. The average molecular weight is 584 g/mol. The molecule has 0 bridgehead atoms. The molecule has 10 nitrogen and oxygen atoms in total. The Kier molecular flexibility index (Phi) is 8.67. The van der Waals surface area contributed by atoms with Crippen molar-refractivity contribution in [1.29, 1.82) is 0 Å². The zero-order valence-electron chi connectivity index (χ0n) is 22.8. The summed E-state index contributed by atoms with van der Waals surface area (Å²) in [6.07, 6.45) is 5.92. The second kappa shape index (κ2) is 12.4. The number of ether oxygens (including phenoxy) is 3. The van der Waals surface area contributed by atoms with E-state index in [0.717, 1.165) is 12.8 Å². The number of carbonyl (C=O) groups is 2. The lowest BCUT2D eigenvalue weighted by Crippen LogP contribution is -2.50. The molecule has 2 aliphatic rings. The Labute approximate surface area is 241 Å². The maximum absolute atomic E-state index is 13.7. The predicted octanol–water partition coefficient (Wildman–Crippen LogP) is 4.86. The summed E-state index contributed by atoms with van der Waals surface area (Å²) in [5.74, 6) is -0.264. The van der Waals surface area contributed by atoms with Crippen molar-refractivity contribution in [3.63, 3.8) is 0 Å². The van der Waals surface area contributed by atoms with Crippen LogP contribution in [0, 0.1) is 5.82 Å². The molecule has 2 saturated heterocycles. The van der Waals surface area contributed by atoms with Crippen molar-refractivity contribution in [2.75, 3.05) is 43.5 Å². The number of rotatable bonds is 8. The van der Waals surface area contributed by atoms with Crippen molar-refractivity contribution in [2.24, 2.45) is 0 Å². The Morgan fingerprint density at radius 1 is 1.24 bits per heavy atom. The molecule has 1 amide bonds. The van der Waals surface area contributed by atoms with Gasteiger partial charge in [0.05, 0.1) is 36.0 Å². The van der Waals surface area contributed by atoms with Crippen LogP contribution in [0.3, 0.4) is 0 Å². The second-order valence-electron chi connectivity index (χ2n) is 10.6. The standard InChI is InChI=1S/C29H31ClFN5O5/c1-29(2)16-36(15-27(38)41-29)9-3-4-26(37)35-24-13-20-23(14-25(24)40-19-7-10-39-11-8-19)32-17-33-28(20)34-18-5-6-22(31)21(30)12-18/h3-6,12-14,17,19H,7-11,15-16H2,1-2H3,(H,35,37)(H,32,33,34). The maximum atomic E-state index is 13.7. The summed E-state index contributed by atoms with van der Waals surface area (Å²) in [6.45, 7) is 6.04. The molecule has 3 aromatic rings. The van der Waals surface area contributed by atoms with Crippen LogP contribution >= 0.6 is 11.6 Å². The number of esters is 1. The largest absolute Gasteiger partial charge is 0.488 e. The van der Waals surface area contributed by atoms with Gasteiger partial charge in [-0.15, -0.1) is 0 Å². The molecule has 0 spiro atoms. The fraction of sp³-hybridized carbons (Fsp3) is 0.379. The smallest absolute Gasteiger partial charge is 0.320 e. The Balaban J connectivity index is 1.39. The van der Waals surface area contributed by atoms with E-state index in [2.05, 4.69) is 20.6 Å². The van der Waals surface area contributed by atoms with Crippen molar-refractivity contribution in [3.05, 3.63) is 59.7 Å².